The SMILES string of the molecule is CCOc1cccc(C(C)(C)c2cccc(OCC)c2)c1. The number of hydrogen-bond donors (Lipinski definition) is 0. The molecule has 2 rings (SSSR count). The summed E-state index contributed by atoms with van der Waals surface area (Å²) in [5.41, 5.74) is 2.38. The molecule has 0 saturated heterocycles. The number of hydrogen-bond acceptors (Lipinski definition) is 2. The molecule has 0 aliphatic carbocycles. The molecule has 2 heteroatoms. The maximum absolute atomic E-state index is 5.62. The molecule has 0 radical (unpaired) electrons. The van der Waals surface area contributed by atoms with Crippen LogP contribution < -0.4 is 9.47 Å². The normalized spacial score (nSPS) is 11.2. The van der Waals surface area contributed by atoms with Crippen LogP contribution in [0.5, 0.6) is 11.5 Å². The molecule has 2 nitrogen and oxygen atoms in total. The highest BCUT2D eigenvalue weighted by atomic mass is 16.5. The Labute approximate surface area is 127 Å². The van der Waals surface area contributed by atoms with Gasteiger partial charge in [-0.1, -0.05) is 38.1 Å². The fraction of sp³-hybridized carbons (Fsp3) is 0.368. The molecule has 0 aliphatic heterocycles. The first-order valence-corrected chi connectivity index (χ1v) is 7.54. The van der Waals surface area contributed by atoms with Gasteiger partial charge in [-0.05, 0) is 49.2 Å². The quantitative estimate of drug-likeness (QED) is 0.758. The Bertz CT molecular complexity index is 536. The molecule has 0 spiro atoms. The molecule has 0 unspecified atom stereocenters. The first kappa shape index (κ1) is 15.4. The van der Waals surface area contributed by atoms with E-state index in [0.29, 0.717) is 13.2 Å². The Kier molecular flexibility index (Phi) is 4.89. The van der Waals surface area contributed by atoms with Gasteiger partial charge < -0.3 is 9.47 Å². The fourth-order valence-electron chi connectivity index (χ4n) is 2.45. The van der Waals surface area contributed by atoms with Crippen LogP contribution in [0.25, 0.3) is 0 Å². The minimum atomic E-state index is -0.0970. The molecular formula is C19H24O2. The van der Waals surface area contributed by atoms with Crippen molar-refractivity contribution in [2.45, 2.75) is 33.1 Å². The minimum Gasteiger partial charge on any atom is -0.494 e. The average Bonchev–Trinajstić information content (AvgIpc) is 2.48. The van der Waals surface area contributed by atoms with Crippen LogP contribution in [0, 0.1) is 0 Å². The Morgan fingerprint density at radius 3 is 1.57 bits per heavy atom. The van der Waals surface area contributed by atoms with E-state index in [-0.39, 0.29) is 5.41 Å². The lowest BCUT2D eigenvalue weighted by atomic mass is 9.78. The highest BCUT2D eigenvalue weighted by Crippen LogP contribution is 2.34. The van der Waals surface area contributed by atoms with Gasteiger partial charge in [0.25, 0.3) is 0 Å². The smallest absolute Gasteiger partial charge is 0.119 e. The second-order valence-electron chi connectivity index (χ2n) is 5.55. The molecule has 0 atom stereocenters. The van der Waals surface area contributed by atoms with Gasteiger partial charge in [-0.25, -0.2) is 0 Å². The Morgan fingerprint density at radius 1 is 0.762 bits per heavy atom. The van der Waals surface area contributed by atoms with Crippen molar-refractivity contribution in [2.75, 3.05) is 13.2 Å². The molecule has 0 N–H and O–H groups in total. The van der Waals surface area contributed by atoms with E-state index in [4.69, 9.17) is 9.47 Å². The Hall–Kier alpha value is -1.96. The molecule has 0 bridgehead atoms. The maximum atomic E-state index is 5.62. The van der Waals surface area contributed by atoms with Crippen LogP contribution in [0.1, 0.15) is 38.8 Å². The van der Waals surface area contributed by atoms with Crippen molar-refractivity contribution in [2.24, 2.45) is 0 Å². The van der Waals surface area contributed by atoms with Crippen LogP contribution in [0.2, 0.25) is 0 Å². The van der Waals surface area contributed by atoms with E-state index in [9.17, 15) is 0 Å². The van der Waals surface area contributed by atoms with Gasteiger partial charge in [-0.3, -0.25) is 0 Å². The van der Waals surface area contributed by atoms with Crippen LogP contribution in [0.3, 0.4) is 0 Å². The van der Waals surface area contributed by atoms with E-state index in [2.05, 4.69) is 50.2 Å². The van der Waals surface area contributed by atoms with Crippen LogP contribution in [-0.4, -0.2) is 13.2 Å². The van der Waals surface area contributed by atoms with Crippen molar-refractivity contribution in [1.82, 2.24) is 0 Å². The van der Waals surface area contributed by atoms with Gasteiger partial charge in [0.1, 0.15) is 11.5 Å². The van der Waals surface area contributed by atoms with Crippen LogP contribution in [-0.2, 0) is 5.41 Å². The lowest BCUT2D eigenvalue weighted by molar-refractivity contribution is 0.338. The number of ether oxygens (including phenoxy) is 2. The summed E-state index contributed by atoms with van der Waals surface area (Å²) in [6.45, 7) is 9.83. The predicted molar refractivity (Wildman–Crippen MR) is 87.4 cm³/mol. The van der Waals surface area contributed by atoms with Crippen molar-refractivity contribution in [1.29, 1.82) is 0 Å². The zero-order chi connectivity index (χ0) is 15.3. The molecule has 0 heterocycles. The monoisotopic (exact) mass is 284 g/mol. The van der Waals surface area contributed by atoms with E-state index in [1.54, 1.807) is 0 Å². The lowest BCUT2D eigenvalue weighted by Crippen LogP contribution is -2.19. The van der Waals surface area contributed by atoms with Crippen LogP contribution in [0.15, 0.2) is 48.5 Å². The molecule has 0 fully saturated rings. The Balaban J connectivity index is 2.36. The lowest BCUT2D eigenvalue weighted by Gasteiger charge is -2.27. The summed E-state index contributed by atoms with van der Waals surface area (Å²) in [6, 6.07) is 16.6. The predicted octanol–water partition coefficient (Wildman–Crippen LogP) is 4.81. The molecular weight excluding hydrogens is 260 g/mol. The van der Waals surface area contributed by atoms with Gasteiger partial charge in [0, 0.05) is 5.41 Å². The topological polar surface area (TPSA) is 18.5 Å². The molecule has 112 valence electrons. The second kappa shape index (κ2) is 6.66. The molecule has 2 aromatic rings. The molecule has 0 saturated carbocycles. The minimum absolute atomic E-state index is 0.0970. The largest absolute Gasteiger partial charge is 0.494 e. The third kappa shape index (κ3) is 3.57. The van der Waals surface area contributed by atoms with Crippen molar-refractivity contribution in [3.05, 3.63) is 59.7 Å². The second-order valence-corrected chi connectivity index (χ2v) is 5.55. The number of rotatable bonds is 6. The van der Waals surface area contributed by atoms with Gasteiger partial charge >= 0.3 is 0 Å². The zero-order valence-electron chi connectivity index (χ0n) is 13.3. The molecule has 0 aromatic heterocycles. The van der Waals surface area contributed by atoms with Crippen molar-refractivity contribution < 1.29 is 9.47 Å². The van der Waals surface area contributed by atoms with Gasteiger partial charge in [-0.15, -0.1) is 0 Å². The summed E-state index contributed by atoms with van der Waals surface area (Å²) in [5.74, 6) is 1.84. The molecule has 0 aliphatic rings. The van der Waals surface area contributed by atoms with Gasteiger partial charge in [0.15, 0.2) is 0 Å². The third-order valence-electron chi connectivity index (χ3n) is 3.73. The number of benzene rings is 2. The zero-order valence-corrected chi connectivity index (χ0v) is 13.3. The van der Waals surface area contributed by atoms with Crippen molar-refractivity contribution in [3.63, 3.8) is 0 Å². The summed E-state index contributed by atoms with van der Waals surface area (Å²) in [5, 5.41) is 0. The van der Waals surface area contributed by atoms with Crippen LogP contribution >= 0.6 is 0 Å². The summed E-state index contributed by atoms with van der Waals surface area (Å²) in [7, 11) is 0. The highest BCUT2D eigenvalue weighted by molar-refractivity contribution is 5.43. The van der Waals surface area contributed by atoms with Gasteiger partial charge in [0.05, 0.1) is 13.2 Å². The standard InChI is InChI=1S/C19H24O2/c1-5-20-17-11-7-9-15(13-17)19(3,4)16-10-8-12-18(14-16)21-6-2/h7-14H,5-6H2,1-4H3. The summed E-state index contributed by atoms with van der Waals surface area (Å²) >= 11 is 0. The first-order valence-electron chi connectivity index (χ1n) is 7.54. The van der Waals surface area contributed by atoms with Gasteiger partial charge in [0.2, 0.25) is 0 Å². The first-order chi connectivity index (χ1) is 10.1. The summed E-state index contributed by atoms with van der Waals surface area (Å²) < 4.78 is 11.2. The van der Waals surface area contributed by atoms with Gasteiger partial charge in [-0.2, -0.15) is 0 Å². The molecule has 2 aromatic carbocycles. The highest BCUT2D eigenvalue weighted by Gasteiger charge is 2.24. The van der Waals surface area contributed by atoms with Crippen molar-refractivity contribution >= 4 is 0 Å². The van der Waals surface area contributed by atoms with Crippen molar-refractivity contribution in [3.8, 4) is 11.5 Å². The summed E-state index contributed by atoms with van der Waals surface area (Å²) in [6.07, 6.45) is 0. The van der Waals surface area contributed by atoms with E-state index < -0.39 is 0 Å². The van der Waals surface area contributed by atoms with E-state index in [1.165, 1.54) is 11.1 Å². The van der Waals surface area contributed by atoms with Crippen LogP contribution in [0.4, 0.5) is 0 Å². The average molecular weight is 284 g/mol. The maximum Gasteiger partial charge on any atom is 0.119 e. The van der Waals surface area contributed by atoms with E-state index in [1.807, 2.05) is 26.0 Å². The summed E-state index contributed by atoms with van der Waals surface area (Å²) in [4.78, 5) is 0. The fourth-order valence-corrected chi connectivity index (χ4v) is 2.45. The van der Waals surface area contributed by atoms with E-state index >= 15 is 0 Å². The Morgan fingerprint density at radius 2 is 1.19 bits per heavy atom. The molecule has 21 heavy (non-hydrogen) atoms. The third-order valence-corrected chi connectivity index (χ3v) is 3.73. The van der Waals surface area contributed by atoms with E-state index in [0.717, 1.165) is 11.5 Å². The molecule has 0 amide bonds.